The fourth-order valence-corrected chi connectivity index (χ4v) is 2.92. The number of hydrazine groups is 1. The summed E-state index contributed by atoms with van der Waals surface area (Å²) in [5.41, 5.74) is 2.91. The number of nitrogens with two attached hydrogens (primary N) is 1. The molecule has 0 radical (unpaired) electrons. The van der Waals surface area contributed by atoms with Gasteiger partial charge in [-0.2, -0.15) is 0 Å². The van der Waals surface area contributed by atoms with Crippen molar-refractivity contribution in [1.82, 2.24) is 5.43 Å². The lowest BCUT2D eigenvalue weighted by Gasteiger charge is -2.29. The third-order valence-corrected chi connectivity index (χ3v) is 5.59. The maximum Gasteiger partial charge on any atom is 0.334 e. The summed E-state index contributed by atoms with van der Waals surface area (Å²) >= 11 is 0. The van der Waals surface area contributed by atoms with Crippen LogP contribution < -0.4 is 11.3 Å². The van der Waals surface area contributed by atoms with Crippen LogP contribution in [-0.2, 0) is 8.85 Å². The summed E-state index contributed by atoms with van der Waals surface area (Å²) in [7, 11) is 1.55. The highest BCUT2D eigenvalue weighted by Crippen LogP contribution is 2.26. The lowest BCUT2D eigenvalue weighted by molar-refractivity contribution is 0.235. The third kappa shape index (κ3) is 5.07. The van der Waals surface area contributed by atoms with Gasteiger partial charge in [-0.05, 0) is 24.4 Å². The predicted molar refractivity (Wildman–Crippen MR) is 61.0 cm³/mol. The van der Waals surface area contributed by atoms with Crippen molar-refractivity contribution in [3.05, 3.63) is 0 Å². The van der Waals surface area contributed by atoms with Gasteiger partial charge in [-0.3, -0.25) is 11.3 Å². The maximum atomic E-state index is 5.43. The first-order valence-corrected chi connectivity index (χ1v) is 7.45. The molecular weight excluding hydrogens is 196 g/mol. The van der Waals surface area contributed by atoms with Crippen molar-refractivity contribution >= 4 is 8.56 Å². The predicted octanol–water partition coefficient (Wildman–Crippen LogP) is 1.23. The van der Waals surface area contributed by atoms with E-state index in [0.717, 1.165) is 19.0 Å². The molecule has 0 unspecified atom stereocenters. The first kappa shape index (κ1) is 14.1. The topological polar surface area (TPSA) is 56.5 Å². The van der Waals surface area contributed by atoms with Gasteiger partial charge < -0.3 is 8.85 Å². The molecule has 0 bridgehead atoms. The molecule has 0 amide bonds. The van der Waals surface area contributed by atoms with Crippen LogP contribution in [0.1, 0.15) is 20.3 Å². The molecule has 0 aliphatic rings. The van der Waals surface area contributed by atoms with Crippen LogP contribution in [0.15, 0.2) is 0 Å². The largest absolute Gasteiger partial charge is 0.398 e. The zero-order valence-electron chi connectivity index (χ0n) is 10.0. The van der Waals surface area contributed by atoms with E-state index in [1.54, 1.807) is 14.2 Å². The first-order chi connectivity index (χ1) is 6.39. The number of nitrogens with one attached hydrogen (secondary N) is 1. The molecular formula is C9H24N2O2Si. The van der Waals surface area contributed by atoms with Crippen molar-refractivity contribution in [2.75, 3.05) is 20.8 Å². The minimum atomic E-state index is -1.90. The average molecular weight is 220 g/mol. The fraction of sp³-hybridized carbons (Fsp3) is 1.00. The Kier molecular flexibility index (Phi) is 5.85. The van der Waals surface area contributed by atoms with Crippen LogP contribution in [0, 0.1) is 5.41 Å². The lowest BCUT2D eigenvalue weighted by atomic mass is 9.90. The summed E-state index contributed by atoms with van der Waals surface area (Å²) in [6.07, 6.45) is 1.06. The highest BCUT2D eigenvalue weighted by Gasteiger charge is 2.31. The van der Waals surface area contributed by atoms with Crippen LogP contribution in [0.4, 0.5) is 0 Å². The molecule has 4 nitrogen and oxygen atoms in total. The summed E-state index contributed by atoms with van der Waals surface area (Å²) in [6, 6.07) is 0.995. The molecule has 0 aromatic heterocycles. The quantitative estimate of drug-likeness (QED) is 0.385. The molecule has 0 aromatic rings. The SMILES string of the molecule is CO[Si](C)(CCC(C)(C)CNN)OC. The minimum Gasteiger partial charge on any atom is -0.398 e. The van der Waals surface area contributed by atoms with Crippen molar-refractivity contribution < 1.29 is 8.85 Å². The Bertz CT molecular complexity index is 161. The molecule has 14 heavy (non-hydrogen) atoms. The van der Waals surface area contributed by atoms with Gasteiger partial charge in [-0.25, -0.2) is 0 Å². The van der Waals surface area contributed by atoms with E-state index in [1.165, 1.54) is 0 Å². The van der Waals surface area contributed by atoms with E-state index < -0.39 is 8.56 Å². The Balaban J connectivity index is 4.02. The van der Waals surface area contributed by atoms with E-state index in [9.17, 15) is 0 Å². The molecule has 3 N–H and O–H groups in total. The van der Waals surface area contributed by atoms with Gasteiger partial charge in [-0.1, -0.05) is 13.8 Å². The zero-order valence-corrected chi connectivity index (χ0v) is 11.0. The van der Waals surface area contributed by atoms with Crippen molar-refractivity contribution in [3.63, 3.8) is 0 Å². The molecule has 0 saturated heterocycles. The van der Waals surface area contributed by atoms with Crippen LogP contribution in [-0.4, -0.2) is 29.3 Å². The van der Waals surface area contributed by atoms with E-state index in [0.29, 0.717) is 0 Å². The smallest absolute Gasteiger partial charge is 0.334 e. The molecule has 86 valence electrons. The standard InChI is InChI=1S/C9H24N2O2Si/c1-9(2,8-11-10)6-7-14(5,12-3)13-4/h11H,6-8,10H2,1-5H3. The highest BCUT2D eigenvalue weighted by atomic mass is 28.4. The molecule has 0 aliphatic carbocycles. The van der Waals surface area contributed by atoms with E-state index in [4.69, 9.17) is 14.7 Å². The van der Waals surface area contributed by atoms with Crippen molar-refractivity contribution in [1.29, 1.82) is 0 Å². The van der Waals surface area contributed by atoms with Crippen LogP contribution in [0.5, 0.6) is 0 Å². The number of rotatable bonds is 7. The third-order valence-electron chi connectivity index (χ3n) is 2.70. The van der Waals surface area contributed by atoms with E-state index in [2.05, 4.69) is 25.8 Å². The van der Waals surface area contributed by atoms with Crippen LogP contribution >= 0.6 is 0 Å². The van der Waals surface area contributed by atoms with E-state index >= 15 is 0 Å². The van der Waals surface area contributed by atoms with Gasteiger partial charge in [0.05, 0.1) is 0 Å². The second-order valence-corrected chi connectivity index (χ2v) is 8.17. The molecule has 0 rings (SSSR count). The van der Waals surface area contributed by atoms with Gasteiger partial charge in [0.2, 0.25) is 0 Å². The van der Waals surface area contributed by atoms with Crippen molar-refractivity contribution in [3.8, 4) is 0 Å². The van der Waals surface area contributed by atoms with Crippen molar-refractivity contribution in [2.24, 2.45) is 11.3 Å². The van der Waals surface area contributed by atoms with Crippen LogP contribution in [0.3, 0.4) is 0 Å². The second-order valence-electron chi connectivity index (χ2n) is 4.59. The zero-order chi connectivity index (χ0) is 11.2. The van der Waals surface area contributed by atoms with Gasteiger partial charge in [0.15, 0.2) is 0 Å². The number of hydrogen-bond acceptors (Lipinski definition) is 4. The monoisotopic (exact) mass is 220 g/mol. The minimum absolute atomic E-state index is 0.195. The van der Waals surface area contributed by atoms with Gasteiger partial charge in [0.25, 0.3) is 0 Å². The summed E-state index contributed by atoms with van der Waals surface area (Å²) in [5, 5.41) is 0. The normalized spacial score (nSPS) is 13.3. The molecule has 5 heteroatoms. The molecule has 0 aromatic carbocycles. The van der Waals surface area contributed by atoms with Gasteiger partial charge >= 0.3 is 8.56 Å². The Morgan fingerprint density at radius 3 is 2.14 bits per heavy atom. The van der Waals surface area contributed by atoms with Crippen LogP contribution in [0.25, 0.3) is 0 Å². The summed E-state index contributed by atoms with van der Waals surface area (Å²) < 4.78 is 10.9. The Morgan fingerprint density at radius 1 is 1.29 bits per heavy atom. The molecule has 0 spiro atoms. The molecule has 0 fully saturated rings. The van der Waals surface area contributed by atoms with Gasteiger partial charge in [-0.15, -0.1) is 0 Å². The molecule has 0 atom stereocenters. The Labute approximate surface area is 88.4 Å². The summed E-state index contributed by atoms with van der Waals surface area (Å²) in [6.45, 7) is 7.27. The summed E-state index contributed by atoms with van der Waals surface area (Å²) in [4.78, 5) is 0. The van der Waals surface area contributed by atoms with E-state index in [1.807, 2.05) is 0 Å². The summed E-state index contributed by atoms with van der Waals surface area (Å²) in [5.74, 6) is 5.32. The van der Waals surface area contributed by atoms with E-state index in [-0.39, 0.29) is 5.41 Å². The van der Waals surface area contributed by atoms with Gasteiger partial charge in [0.1, 0.15) is 0 Å². The fourth-order valence-electron chi connectivity index (χ4n) is 1.22. The van der Waals surface area contributed by atoms with Crippen LogP contribution in [0.2, 0.25) is 12.6 Å². The molecule has 0 aliphatic heterocycles. The van der Waals surface area contributed by atoms with Crippen molar-refractivity contribution in [2.45, 2.75) is 32.9 Å². The Hall–Kier alpha value is 0.0569. The lowest BCUT2D eigenvalue weighted by Crippen LogP contribution is -2.40. The average Bonchev–Trinajstić information content (AvgIpc) is 2.14. The first-order valence-electron chi connectivity index (χ1n) is 4.93. The second kappa shape index (κ2) is 5.82. The number of hydrogen-bond donors (Lipinski definition) is 2. The molecule has 0 heterocycles. The Morgan fingerprint density at radius 2 is 1.79 bits per heavy atom. The highest BCUT2D eigenvalue weighted by molar-refractivity contribution is 6.65. The van der Waals surface area contributed by atoms with Gasteiger partial charge in [0, 0.05) is 20.8 Å². The molecule has 0 saturated carbocycles. The maximum absolute atomic E-state index is 5.43.